The van der Waals surface area contributed by atoms with Gasteiger partial charge in [-0.3, -0.25) is 4.79 Å². The molecule has 0 radical (unpaired) electrons. The molecule has 1 aromatic carbocycles. The molecule has 4 heteroatoms. The van der Waals surface area contributed by atoms with Crippen LogP contribution in [0.5, 0.6) is 11.5 Å². The van der Waals surface area contributed by atoms with Crippen molar-refractivity contribution >= 4 is 5.91 Å². The van der Waals surface area contributed by atoms with Gasteiger partial charge >= 0.3 is 0 Å². The number of nitrogens with one attached hydrogen (secondary N) is 1. The number of benzene rings is 1. The van der Waals surface area contributed by atoms with E-state index in [-0.39, 0.29) is 11.3 Å². The average molecular weight is 293 g/mol. The molecule has 0 aliphatic carbocycles. The summed E-state index contributed by atoms with van der Waals surface area (Å²) in [5, 5.41) is 2.95. The van der Waals surface area contributed by atoms with Crippen molar-refractivity contribution < 1.29 is 14.3 Å². The predicted molar refractivity (Wildman–Crippen MR) is 84.7 cm³/mol. The number of carbonyl (C=O) groups is 1. The third-order valence-electron chi connectivity index (χ3n) is 2.90. The molecule has 0 aliphatic heterocycles. The molecule has 118 valence electrons. The number of methoxy groups -OCH3 is 1. The predicted octanol–water partition coefficient (Wildman–Crippen LogP) is 3.54. The Bertz CT molecular complexity index is 464. The van der Waals surface area contributed by atoms with E-state index >= 15 is 0 Å². The van der Waals surface area contributed by atoms with E-state index in [0.29, 0.717) is 25.3 Å². The summed E-state index contributed by atoms with van der Waals surface area (Å²) in [5.74, 6) is 1.47. The van der Waals surface area contributed by atoms with E-state index < -0.39 is 0 Å². The van der Waals surface area contributed by atoms with Crippen molar-refractivity contribution in [3.05, 3.63) is 23.8 Å². The van der Waals surface area contributed by atoms with E-state index in [9.17, 15) is 4.79 Å². The smallest absolute Gasteiger partial charge is 0.220 e. The molecular weight excluding hydrogens is 266 g/mol. The van der Waals surface area contributed by atoms with Crippen molar-refractivity contribution in [3.8, 4) is 11.5 Å². The van der Waals surface area contributed by atoms with E-state index in [2.05, 4.69) is 12.2 Å². The second-order valence-corrected chi connectivity index (χ2v) is 6.31. The van der Waals surface area contributed by atoms with Crippen LogP contribution in [-0.4, -0.2) is 19.6 Å². The van der Waals surface area contributed by atoms with Gasteiger partial charge in [-0.25, -0.2) is 0 Å². The first-order valence-electron chi connectivity index (χ1n) is 7.42. The van der Waals surface area contributed by atoms with Crippen LogP contribution in [0, 0.1) is 5.41 Å². The molecule has 1 aromatic rings. The second kappa shape index (κ2) is 7.91. The van der Waals surface area contributed by atoms with Crippen LogP contribution in [0.1, 0.15) is 46.1 Å². The molecule has 0 aliphatic rings. The Morgan fingerprint density at radius 3 is 2.57 bits per heavy atom. The highest BCUT2D eigenvalue weighted by molar-refractivity contribution is 5.76. The van der Waals surface area contributed by atoms with Crippen molar-refractivity contribution in [1.29, 1.82) is 0 Å². The van der Waals surface area contributed by atoms with Crippen molar-refractivity contribution in [2.75, 3.05) is 13.7 Å². The summed E-state index contributed by atoms with van der Waals surface area (Å²) in [4.78, 5) is 11.9. The van der Waals surface area contributed by atoms with Crippen molar-refractivity contribution in [2.24, 2.45) is 5.41 Å². The van der Waals surface area contributed by atoms with Gasteiger partial charge in [0.1, 0.15) is 0 Å². The lowest BCUT2D eigenvalue weighted by molar-refractivity contribution is -0.122. The fourth-order valence-electron chi connectivity index (χ4n) is 1.97. The summed E-state index contributed by atoms with van der Waals surface area (Å²) in [6.45, 7) is 9.28. The Kier molecular flexibility index (Phi) is 6.53. The Hall–Kier alpha value is -1.71. The number of para-hydroxylation sites is 1. The summed E-state index contributed by atoms with van der Waals surface area (Å²) >= 11 is 0. The molecule has 0 fully saturated rings. The van der Waals surface area contributed by atoms with Crippen LogP contribution < -0.4 is 14.8 Å². The van der Waals surface area contributed by atoms with Gasteiger partial charge in [0.2, 0.25) is 5.91 Å². The number of hydrogen-bond acceptors (Lipinski definition) is 3. The van der Waals surface area contributed by atoms with Crippen LogP contribution in [0.3, 0.4) is 0 Å². The maximum Gasteiger partial charge on any atom is 0.220 e. The van der Waals surface area contributed by atoms with Crippen LogP contribution in [-0.2, 0) is 11.3 Å². The van der Waals surface area contributed by atoms with E-state index in [4.69, 9.17) is 9.47 Å². The standard InChI is InChI=1S/C17H27NO3/c1-6-10-21-16-13(8-7-9-14(16)20-5)12-18-15(19)11-17(2,3)4/h7-9H,6,10-12H2,1-5H3,(H,18,19). The summed E-state index contributed by atoms with van der Waals surface area (Å²) in [5.41, 5.74) is 0.921. The van der Waals surface area contributed by atoms with Crippen LogP contribution in [0.25, 0.3) is 0 Å². The Labute approximate surface area is 127 Å². The first kappa shape index (κ1) is 17.3. The summed E-state index contributed by atoms with van der Waals surface area (Å²) in [7, 11) is 1.62. The first-order chi connectivity index (χ1) is 9.87. The molecule has 1 N–H and O–H groups in total. The number of ether oxygens (including phenoxy) is 2. The minimum absolute atomic E-state index is 0.0139. The van der Waals surface area contributed by atoms with Crippen molar-refractivity contribution in [2.45, 2.75) is 47.1 Å². The lowest BCUT2D eigenvalue weighted by Gasteiger charge is -2.18. The van der Waals surface area contributed by atoms with Crippen LogP contribution >= 0.6 is 0 Å². The molecule has 21 heavy (non-hydrogen) atoms. The summed E-state index contributed by atoms with van der Waals surface area (Å²) in [6.07, 6.45) is 1.43. The molecule has 1 rings (SSSR count). The number of amides is 1. The molecule has 0 unspecified atom stereocenters. The molecule has 4 nitrogen and oxygen atoms in total. The number of rotatable bonds is 7. The van der Waals surface area contributed by atoms with Gasteiger partial charge in [0.05, 0.1) is 13.7 Å². The van der Waals surface area contributed by atoms with Gasteiger partial charge in [-0.15, -0.1) is 0 Å². The van der Waals surface area contributed by atoms with E-state index in [1.54, 1.807) is 7.11 Å². The lowest BCUT2D eigenvalue weighted by Crippen LogP contribution is -2.27. The molecule has 0 aromatic heterocycles. The molecule has 1 amide bonds. The van der Waals surface area contributed by atoms with Gasteiger partial charge in [-0.1, -0.05) is 39.8 Å². The van der Waals surface area contributed by atoms with Crippen molar-refractivity contribution in [3.63, 3.8) is 0 Å². The van der Waals surface area contributed by atoms with E-state index in [1.807, 2.05) is 39.0 Å². The topological polar surface area (TPSA) is 47.6 Å². The van der Waals surface area contributed by atoms with Crippen LogP contribution in [0.15, 0.2) is 18.2 Å². The quantitative estimate of drug-likeness (QED) is 0.836. The SMILES string of the molecule is CCCOc1c(CNC(=O)CC(C)(C)C)cccc1OC. The third-order valence-corrected chi connectivity index (χ3v) is 2.90. The number of hydrogen-bond donors (Lipinski definition) is 1. The highest BCUT2D eigenvalue weighted by atomic mass is 16.5. The Balaban J connectivity index is 2.75. The maximum atomic E-state index is 11.9. The average Bonchev–Trinajstić information content (AvgIpc) is 2.41. The highest BCUT2D eigenvalue weighted by Crippen LogP contribution is 2.31. The zero-order valence-electron chi connectivity index (χ0n) is 13.8. The minimum atomic E-state index is -0.0139. The fourth-order valence-corrected chi connectivity index (χ4v) is 1.97. The molecule has 0 atom stereocenters. The van der Waals surface area contributed by atoms with Gasteiger partial charge < -0.3 is 14.8 Å². The summed E-state index contributed by atoms with van der Waals surface area (Å²) < 4.78 is 11.1. The van der Waals surface area contributed by atoms with Gasteiger partial charge in [0, 0.05) is 18.5 Å². The van der Waals surface area contributed by atoms with Gasteiger partial charge in [0.15, 0.2) is 11.5 Å². The highest BCUT2D eigenvalue weighted by Gasteiger charge is 2.17. The molecular formula is C17H27NO3. The molecule has 0 spiro atoms. The van der Waals surface area contributed by atoms with Gasteiger partial charge in [-0.2, -0.15) is 0 Å². The molecule has 0 saturated heterocycles. The normalized spacial score (nSPS) is 11.1. The third kappa shape index (κ3) is 6.06. The zero-order valence-corrected chi connectivity index (χ0v) is 13.8. The van der Waals surface area contributed by atoms with Crippen LogP contribution in [0.4, 0.5) is 0 Å². The first-order valence-corrected chi connectivity index (χ1v) is 7.42. The minimum Gasteiger partial charge on any atom is -0.493 e. The van der Waals surface area contributed by atoms with Crippen molar-refractivity contribution in [1.82, 2.24) is 5.32 Å². The summed E-state index contributed by atoms with van der Waals surface area (Å²) in [6, 6.07) is 5.72. The maximum absolute atomic E-state index is 11.9. The fraction of sp³-hybridized carbons (Fsp3) is 0.588. The monoisotopic (exact) mass is 293 g/mol. The Morgan fingerprint density at radius 2 is 2.00 bits per heavy atom. The molecule has 0 saturated carbocycles. The largest absolute Gasteiger partial charge is 0.493 e. The van der Waals surface area contributed by atoms with Crippen LogP contribution in [0.2, 0.25) is 0 Å². The molecule has 0 heterocycles. The van der Waals surface area contributed by atoms with Gasteiger partial charge in [-0.05, 0) is 17.9 Å². The lowest BCUT2D eigenvalue weighted by atomic mass is 9.92. The van der Waals surface area contributed by atoms with E-state index in [1.165, 1.54) is 0 Å². The number of carbonyl (C=O) groups excluding carboxylic acids is 1. The van der Waals surface area contributed by atoms with E-state index in [0.717, 1.165) is 17.7 Å². The zero-order chi connectivity index (χ0) is 15.9. The van der Waals surface area contributed by atoms with Gasteiger partial charge in [0.25, 0.3) is 0 Å². The molecule has 0 bridgehead atoms. The second-order valence-electron chi connectivity index (χ2n) is 6.31. The Morgan fingerprint density at radius 1 is 1.29 bits per heavy atom.